The lowest BCUT2D eigenvalue weighted by Gasteiger charge is -2.15. The molecule has 0 radical (unpaired) electrons. The second-order valence-electron chi connectivity index (χ2n) is 5.87. The standard InChI is InChI=1S/C18H20ClN5O2/c1-12-5-4-6-13(7-12)11-26-17-15(19)8-14(9-16(17)25-3)10-20-18-21-22-23-24(18)2/h4-9H,10-11H2,1-3H3,(H,20,21,23). The van der Waals surface area contributed by atoms with Crippen LogP contribution in [0.4, 0.5) is 5.95 Å². The number of nitrogens with zero attached hydrogens (tertiary/aromatic N) is 4. The van der Waals surface area contributed by atoms with Gasteiger partial charge in [0.05, 0.1) is 12.1 Å². The molecule has 0 spiro atoms. The van der Waals surface area contributed by atoms with Crippen LogP contribution in [0.25, 0.3) is 0 Å². The highest BCUT2D eigenvalue weighted by molar-refractivity contribution is 6.32. The van der Waals surface area contributed by atoms with Gasteiger partial charge in [-0.1, -0.05) is 46.5 Å². The third kappa shape index (κ3) is 4.23. The molecular weight excluding hydrogens is 354 g/mol. The van der Waals surface area contributed by atoms with Crippen molar-refractivity contribution in [1.82, 2.24) is 20.2 Å². The van der Waals surface area contributed by atoms with Crippen LogP contribution in [-0.4, -0.2) is 27.3 Å². The van der Waals surface area contributed by atoms with Crippen LogP contribution < -0.4 is 14.8 Å². The van der Waals surface area contributed by atoms with Crippen LogP contribution in [0.5, 0.6) is 11.5 Å². The summed E-state index contributed by atoms with van der Waals surface area (Å²) in [6, 6.07) is 11.9. The number of halogens is 1. The monoisotopic (exact) mass is 373 g/mol. The molecule has 7 nitrogen and oxygen atoms in total. The Kier molecular flexibility index (Phi) is 5.58. The van der Waals surface area contributed by atoms with Crippen molar-refractivity contribution < 1.29 is 9.47 Å². The van der Waals surface area contributed by atoms with Crippen LogP contribution in [0.15, 0.2) is 36.4 Å². The molecular formula is C18H20ClN5O2. The van der Waals surface area contributed by atoms with Crippen LogP contribution in [0, 0.1) is 6.92 Å². The lowest BCUT2D eigenvalue weighted by Crippen LogP contribution is -2.06. The van der Waals surface area contributed by atoms with Gasteiger partial charge < -0.3 is 14.8 Å². The Hall–Kier alpha value is -2.80. The number of rotatable bonds is 7. The molecule has 3 aromatic rings. The van der Waals surface area contributed by atoms with Gasteiger partial charge in [-0.2, -0.15) is 0 Å². The third-order valence-corrected chi connectivity index (χ3v) is 4.11. The van der Waals surface area contributed by atoms with E-state index in [4.69, 9.17) is 21.1 Å². The number of methoxy groups -OCH3 is 1. The maximum Gasteiger partial charge on any atom is 0.242 e. The summed E-state index contributed by atoms with van der Waals surface area (Å²) in [5.41, 5.74) is 3.19. The van der Waals surface area contributed by atoms with Gasteiger partial charge in [0, 0.05) is 13.6 Å². The van der Waals surface area contributed by atoms with Gasteiger partial charge in [-0.15, -0.1) is 0 Å². The first kappa shape index (κ1) is 18.0. The Balaban J connectivity index is 1.73. The maximum atomic E-state index is 6.42. The molecule has 2 aromatic carbocycles. The van der Waals surface area contributed by atoms with Crippen molar-refractivity contribution in [3.63, 3.8) is 0 Å². The molecule has 8 heteroatoms. The zero-order valence-corrected chi connectivity index (χ0v) is 15.6. The molecule has 0 aliphatic rings. The molecule has 3 rings (SSSR count). The average Bonchev–Trinajstić information content (AvgIpc) is 3.03. The van der Waals surface area contributed by atoms with Crippen molar-refractivity contribution >= 4 is 17.5 Å². The summed E-state index contributed by atoms with van der Waals surface area (Å²) in [6.45, 7) is 2.97. The zero-order valence-electron chi connectivity index (χ0n) is 14.9. The number of hydrogen-bond donors (Lipinski definition) is 1. The minimum Gasteiger partial charge on any atom is -0.493 e. The van der Waals surface area contributed by atoms with Crippen molar-refractivity contribution in [2.45, 2.75) is 20.1 Å². The number of hydrogen-bond acceptors (Lipinski definition) is 6. The predicted octanol–water partition coefficient (Wildman–Crippen LogP) is 3.37. The topological polar surface area (TPSA) is 74.1 Å². The molecule has 0 atom stereocenters. The average molecular weight is 374 g/mol. The molecule has 0 fully saturated rings. The summed E-state index contributed by atoms with van der Waals surface area (Å²) in [5, 5.41) is 14.9. The summed E-state index contributed by atoms with van der Waals surface area (Å²) in [5.74, 6) is 1.68. The van der Waals surface area contributed by atoms with Gasteiger partial charge in [0.1, 0.15) is 6.61 Å². The van der Waals surface area contributed by atoms with Gasteiger partial charge in [-0.05, 0) is 40.6 Å². The van der Waals surface area contributed by atoms with Crippen molar-refractivity contribution in [3.05, 3.63) is 58.1 Å². The fourth-order valence-corrected chi connectivity index (χ4v) is 2.82. The molecule has 26 heavy (non-hydrogen) atoms. The Labute approximate surface area is 156 Å². The first-order valence-corrected chi connectivity index (χ1v) is 8.45. The molecule has 1 heterocycles. The number of anilines is 1. The Morgan fingerprint density at radius 2 is 2.04 bits per heavy atom. The quantitative estimate of drug-likeness (QED) is 0.684. The summed E-state index contributed by atoms with van der Waals surface area (Å²) in [4.78, 5) is 0. The lowest BCUT2D eigenvalue weighted by molar-refractivity contribution is 0.284. The van der Waals surface area contributed by atoms with E-state index in [2.05, 4.69) is 26.9 Å². The van der Waals surface area contributed by atoms with Gasteiger partial charge in [0.2, 0.25) is 5.95 Å². The van der Waals surface area contributed by atoms with Crippen molar-refractivity contribution in [1.29, 1.82) is 0 Å². The van der Waals surface area contributed by atoms with E-state index in [0.717, 1.165) is 11.1 Å². The van der Waals surface area contributed by atoms with Gasteiger partial charge in [0.15, 0.2) is 11.5 Å². The van der Waals surface area contributed by atoms with E-state index in [-0.39, 0.29) is 0 Å². The van der Waals surface area contributed by atoms with Gasteiger partial charge in [-0.3, -0.25) is 0 Å². The predicted molar refractivity (Wildman–Crippen MR) is 99.6 cm³/mol. The maximum absolute atomic E-state index is 6.42. The van der Waals surface area contributed by atoms with E-state index in [1.165, 1.54) is 5.56 Å². The minimum atomic E-state index is 0.417. The molecule has 1 N–H and O–H groups in total. The molecule has 0 saturated carbocycles. The summed E-state index contributed by atoms with van der Waals surface area (Å²) >= 11 is 6.42. The SMILES string of the molecule is COc1cc(CNc2nnnn2C)cc(Cl)c1OCc1cccc(C)c1. The smallest absolute Gasteiger partial charge is 0.242 e. The normalized spacial score (nSPS) is 10.6. The summed E-state index contributed by atoms with van der Waals surface area (Å²) in [7, 11) is 3.35. The van der Waals surface area contributed by atoms with E-state index < -0.39 is 0 Å². The molecule has 0 amide bonds. The molecule has 0 aliphatic carbocycles. The van der Waals surface area contributed by atoms with Crippen LogP contribution in [0.2, 0.25) is 5.02 Å². The molecule has 1 aromatic heterocycles. The van der Waals surface area contributed by atoms with Crippen LogP contribution in [0.1, 0.15) is 16.7 Å². The largest absolute Gasteiger partial charge is 0.493 e. The number of benzene rings is 2. The first-order chi connectivity index (χ1) is 12.6. The van der Waals surface area contributed by atoms with E-state index in [1.807, 2.05) is 37.3 Å². The number of aromatic nitrogens is 4. The number of aryl methyl sites for hydroxylation is 2. The Bertz CT molecular complexity index is 897. The zero-order chi connectivity index (χ0) is 18.5. The van der Waals surface area contributed by atoms with Crippen LogP contribution in [0.3, 0.4) is 0 Å². The second kappa shape index (κ2) is 8.05. The summed E-state index contributed by atoms with van der Waals surface area (Å²) in [6.07, 6.45) is 0. The van der Waals surface area contributed by atoms with E-state index in [0.29, 0.717) is 35.6 Å². The van der Waals surface area contributed by atoms with Gasteiger partial charge >= 0.3 is 0 Å². The highest BCUT2D eigenvalue weighted by Gasteiger charge is 2.13. The molecule has 0 bridgehead atoms. The first-order valence-electron chi connectivity index (χ1n) is 8.08. The van der Waals surface area contributed by atoms with Crippen LogP contribution in [-0.2, 0) is 20.2 Å². The molecule has 0 aliphatic heterocycles. The summed E-state index contributed by atoms with van der Waals surface area (Å²) < 4.78 is 12.9. The number of tetrazole rings is 1. The lowest BCUT2D eigenvalue weighted by atomic mass is 10.1. The van der Waals surface area contributed by atoms with Gasteiger partial charge in [0.25, 0.3) is 0 Å². The van der Waals surface area contributed by atoms with Crippen molar-refractivity contribution in [2.24, 2.45) is 7.05 Å². The second-order valence-corrected chi connectivity index (χ2v) is 6.27. The van der Waals surface area contributed by atoms with E-state index >= 15 is 0 Å². The number of nitrogens with one attached hydrogen (secondary N) is 1. The third-order valence-electron chi connectivity index (χ3n) is 3.83. The fraction of sp³-hybridized carbons (Fsp3) is 0.278. The molecule has 136 valence electrons. The minimum absolute atomic E-state index is 0.417. The fourth-order valence-electron chi connectivity index (χ4n) is 2.53. The molecule has 0 saturated heterocycles. The van der Waals surface area contributed by atoms with Crippen molar-refractivity contribution in [2.75, 3.05) is 12.4 Å². The Morgan fingerprint density at radius 3 is 2.73 bits per heavy atom. The van der Waals surface area contributed by atoms with E-state index in [1.54, 1.807) is 18.8 Å². The van der Waals surface area contributed by atoms with E-state index in [9.17, 15) is 0 Å². The highest BCUT2D eigenvalue weighted by atomic mass is 35.5. The van der Waals surface area contributed by atoms with Crippen molar-refractivity contribution in [3.8, 4) is 11.5 Å². The van der Waals surface area contributed by atoms with Crippen LogP contribution >= 0.6 is 11.6 Å². The van der Waals surface area contributed by atoms with Gasteiger partial charge in [-0.25, -0.2) is 4.68 Å². The highest BCUT2D eigenvalue weighted by Crippen LogP contribution is 2.37. The molecule has 0 unspecified atom stereocenters. The Morgan fingerprint density at radius 1 is 1.19 bits per heavy atom. The number of ether oxygens (including phenoxy) is 2.